The van der Waals surface area contributed by atoms with Gasteiger partial charge in [-0.25, -0.2) is 0 Å². The van der Waals surface area contributed by atoms with Crippen LogP contribution in [0.5, 0.6) is 0 Å². The summed E-state index contributed by atoms with van der Waals surface area (Å²) in [5.41, 5.74) is -0.365. The highest BCUT2D eigenvalue weighted by Gasteiger charge is 2.29. The van der Waals surface area contributed by atoms with Crippen molar-refractivity contribution in [3.05, 3.63) is 0 Å². The zero-order valence-corrected chi connectivity index (χ0v) is 12.5. The quantitative estimate of drug-likeness (QED) is 0.685. The van der Waals surface area contributed by atoms with Gasteiger partial charge in [0.15, 0.2) is 0 Å². The molecule has 1 rings (SSSR count). The molecular formula is C15H29N3. The Balaban J connectivity index is 2.31. The fourth-order valence-electron chi connectivity index (χ4n) is 2.64. The van der Waals surface area contributed by atoms with E-state index >= 15 is 0 Å². The lowest BCUT2D eigenvalue weighted by Gasteiger charge is -2.28. The van der Waals surface area contributed by atoms with Gasteiger partial charge in [-0.15, -0.1) is 0 Å². The molecule has 0 saturated heterocycles. The van der Waals surface area contributed by atoms with Crippen LogP contribution in [0.25, 0.3) is 0 Å². The highest BCUT2D eigenvalue weighted by molar-refractivity contribution is 5.04. The van der Waals surface area contributed by atoms with E-state index in [9.17, 15) is 5.26 Å². The number of rotatable bonds is 9. The molecule has 104 valence electrons. The summed E-state index contributed by atoms with van der Waals surface area (Å²) in [4.78, 5) is 2.60. The molecule has 0 heterocycles. The number of hydrogen-bond donors (Lipinski definition) is 1. The van der Waals surface area contributed by atoms with Crippen LogP contribution in [0.15, 0.2) is 0 Å². The Labute approximate surface area is 113 Å². The highest BCUT2D eigenvalue weighted by Crippen LogP contribution is 2.27. The second-order valence-corrected chi connectivity index (χ2v) is 6.11. The summed E-state index contributed by atoms with van der Waals surface area (Å²) >= 11 is 0. The summed E-state index contributed by atoms with van der Waals surface area (Å²) in [6.45, 7) is 10.8. The van der Waals surface area contributed by atoms with Crippen LogP contribution in [0.1, 0.15) is 59.8 Å². The van der Waals surface area contributed by atoms with Gasteiger partial charge < -0.3 is 4.90 Å². The van der Waals surface area contributed by atoms with Crippen molar-refractivity contribution in [2.24, 2.45) is 0 Å². The monoisotopic (exact) mass is 251 g/mol. The van der Waals surface area contributed by atoms with Crippen molar-refractivity contribution >= 4 is 0 Å². The standard InChI is InChI=1S/C15H29N3/c1-5-10-18(14-7-8-14)11-6-9-15(4,12-16)17-13(2)3/h13-14,17H,5-11H2,1-4H3. The van der Waals surface area contributed by atoms with Gasteiger partial charge in [-0.3, -0.25) is 5.32 Å². The van der Waals surface area contributed by atoms with E-state index in [1.54, 1.807) is 0 Å². The molecule has 1 atom stereocenters. The second-order valence-electron chi connectivity index (χ2n) is 6.11. The molecule has 0 spiro atoms. The Bertz CT molecular complexity index is 278. The maximum Gasteiger partial charge on any atom is 0.104 e. The minimum atomic E-state index is -0.365. The Morgan fingerprint density at radius 1 is 1.39 bits per heavy atom. The topological polar surface area (TPSA) is 39.1 Å². The average Bonchev–Trinajstić information content (AvgIpc) is 3.11. The maximum atomic E-state index is 9.30. The van der Waals surface area contributed by atoms with Crippen LogP contribution in [-0.4, -0.2) is 35.6 Å². The molecule has 1 aliphatic carbocycles. The highest BCUT2D eigenvalue weighted by atomic mass is 15.2. The summed E-state index contributed by atoms with van der Waals surface area (Å²) in [6, 6.07) is 3.64. The molecule has 1 saturated carbocycles. The van der Waals surface area contributed by atoms with E-state index in [-0.39, 0.29) is 5.54 Å². The first-order valence-corrected chi connectivity index (χ1v) is 7.43. The third-order valence-corrected chi connectivity index (χ3v) is 3.55. The van der Waals surface area contributed by atoms with E-state index in [0.717, 1.165) is 25.4 Å². The third-order valence-electron chi connectivity index (χ3n) is 3.55. The number of nitriles is 1. The number of nitrogens with zero attached hydrogens (tertiary/aromatic N) is 2. The molecule has 0 aliphatic heterocycles. The molecule has 3 nitrogen and oxygen atoms in total. The van der Waals surface area contributed by atoms with Crippen LogP contribution in [0, 0.1) is 11.3 Å². The molecule has 0 aromatic rings. The smallest absolute Gasteiger partial charge is 0.104 e. The first-order valence-electron chi connectivity index (χ1n) is 7.43. The van der Waals surface area contributed by atoms with Crippen molar-refractivity contribution in [2.75, 3.05) is 13.1 Å². The molecule has 18 heavy (non-hydrogen) atoms. The molecule has 0 aromatic heterocycles. The average molecular weight is 251 g/mol. The molecule has 3 heteroatoms. The lowest BCUT2D eigenvalue weighted by atomic mass is 9.96. The van der Waals surface area contributed by atoms with Crippen LogP contribution in [0.2, 0.25) is 0 Å². The van der Waals surface area contributed by atoms with E-state index in [2.05, 4.69) is 37.1 Å². The van der Waals surface area contributed by atoms with Crippen molar-refractivity contribution in [1.82, 2.24) is 10.2 Å². The Hall–Kier alpha value is -0.590. The van der Waals surface area contributed by atoms with Gasteiger partial charge in [-0.2, -0.15) is 5.26 Å². The van der Waals surface area contributed by atoms with E-state index in [0.29, 0.717) is 6.04 Å². The first-order chi connectivity index (χ1) is 8.50. The van der Waals surface area contributed by atoms with Gasteiger partial charge in [0, 0.05) is 12.1 Å². The van der Waals surface area contributed by atoms with Crippen LogP contribution >= 0.6 is 0 Å². The van der Waals surface area contributed by atoms with Crippen LogP contribution in [-0.2, 0) is 0 Å². The van der Waals surface area contributed by atoms with Crippen molar-refractivity contribution in [1.29, 1.82) is 5.26 Å². The summed E-state index contributed by atoms with van der Waals surface area (Å²) in [6.07, 6.45) is 6.03. The predicted molar refractivity (Wildman–Crippen MR) is 76.4 cm³/mol. The zero-order chi connectivity index (χ0) is 13.6. The number of nitrogens with one attached hydrogen (secondary N) is 1. The van der Waals surface area contributed by atoms with Gasteiger partial charge in [-0.1, -0.05) is 6.92 Å². The summed E-state index contributed by atoms with van der Waals surface area (Å²) in [7, 11) is 0. The Morgan fingerprint density at radius 2 is 2.06 bits per heavy atom. The van der Waals surface area contributed by atoms with Crippen LogP contribution in [0.3, 0.4) is 0 Å². The normalized spacial score (nSPS) is 18.9. The van der Waals surface area contributed by atoms with E-state index in [1.807, 2.05) is 6.92 Å². The molecule has 1 unspecified atom stereocenters. The lowest BCUT2D eigenvalue weighted by Crippen LogP contribution is -2.45. The molecule has 0 aromatic carbocycles. The summed E-state index contributed by atoms with van der Waals surface area (Å²) < 4.78 is 0. The van der Waals surface area contributed by atoms with Crippen molar-refractivity contribution in [2.45, 2.75) is 77.4 Å². The fourth-order valence-corrected chi connectivity index (χ4v) is 2.64. The third kappa shape index (κ3) is 5.37. The predicted octanol–water partition coefficient (Wildman–Crippen LogP) is 2.92. The van der Waals surface area contributed by atoms with Gasteiger partial charge in [0.25, 0.3) is 0 Å². The molecule has 0 amide bonds. The summed E-state index contributed by atoms with van der Waals surface area (Å²) in [5, 5.41) is 12.7. The van der Waals surface area contributed by atoms with Gasteiger partial charge in [-0.05, 0) is 66.0 Å². The molecule has 1 fully saturated rings. The van der Waals surface area contributed by atoms with E-state index in [1.165, 1.54) is 25.8 Å². The van der Waals surface area contributed by atoms with Crippen LogP contribution in [0.4, 0.5) is 0 Å². The second kappa shape index (κ2) is 7.11. The Morgan fingerprint density at radius 3 is 2.50 bits per heavy atom. The van der Waals surface area contributed by atoms with Crippen molar-refractivity contribution in [3.8, 4) is 6.07 Å². The SMILES string of the molecule is CCCN(CCCC(C)(C#N)NC(C)C)C1CC1. The largest absolute Gasteiger partial charge is 0.300 e. The van der Waals surface area contributed by atoms with Crippen molar-refractivity contribution < 1.29 is 0 Å². The molecule has 1 N–H and O–H groups in total. The van der Waals surface area contributed by atoms with Gasteiger partial charge >= 0.3 is 0 Å². The molecular weight excluding hydrogens is 222 g/mol. The minimum Gasteiger partial charge on any atom is -0.300 e. The first kappa shape index (κ1) is 15.5. The van der Waals surface area contributed by atoms with E-state index < -0.39 is 0 Å². The zero-order valence-electron chi connectivity index (χ0n) is 12.5. The van der Waals surface area contributed by atoms with Gasteiger partial charge in [0.2, 0.25) is 0 Å². The maximum absolute atomic E-state index is 9.30. The Kier molecular flexibility index (Phi) is 6.11. The van der Waals surface area contributed by atoms with Crippen LogP contribution < -0.4 is 5.32 Å². The minimum absolute atomic E-state index is 0.365. The molecule has 0 bridgehead atoms. The van der Waals surface area contributed by atoms with E-state index in [4.69, 9.17) is 0 Å². The van der Waals surface area contributed by atoms with Crippen molar-refractivity contribution in [3.63, 3.8) is 0 Å². The lowest BCUT2D eigenvalue weighted by molar-refractivity contribution is 0.246. The van der Waals surface area contributed by atoms with Gasteiger partial charge in [0.1, 0.15) is 5.54 Å². The fraction of sp³-hybridized carbons (Fsp3) is 0.933. The van der Waals surface area contributed by atoms with Gasteiger partial charge in [0.05, 0.1) is 6.07 Å². The molecule has 1 aliphatic rings. The summed E-state index contributed by atoms with van der Waals surface area (Å²) in [5.74, 6) is 0. The number of hydrogen-bond acceptors (Lipinski definition) is 3. The molecule has 0 radical (unpaired) electrons.